The van der Waals surface area contributed by atoms with Crippen molar-refractivity contribution >= 4 is 11.9 Å². The molecule has 1 aromatic heterocycles. The van der Waals surface area contributed by atoms with Crippen molar-refractivity contribution in [2.75, 3.05) is 25.1 Å². The average molecular weight is 402 g/mol. The highest BCUT2D eigenvalue weighted by atomic mass is 16.5. The number of amides is 1. The van der Waals surface area contributed by atoms with Crippen molar-refractivity contribution in [3.05, 3.63) is 29.7 Å². The van der Waals surface area contributed by atoms with Crippen molar-refractivity contribution in [3.8, 4) is 0 Å². The van der Waals surface area contributed by atoms with E-state index in [0.29, 0.717) is 25.0 Å². The zero-order valence-electron chi connectivity index (χ0n) is 18.0. The first-order valence-electron chi connectivity index (χ1n) is 10.9. The summed E-state index contributed by atoms with van der Waals surface area (Å²) in [5.74, 6) is 0.852. The fourth-order valence-corrected chi connectivity index (χ4v) is 3.96. The number of aromatic nitrogens is 2. The van der Waals surface area contributed by atoms with E-state index in [4.69, 9.17) is 4.74 Å². The van der Waals surface area contributed by atoms with E-state index in [0.717, 1.165) is 50.3 Å². The molecule has 0 saturated carbocycles. The van der Waals surface area contributed by atoms with Crippen LogP contribution in [0.2, 0.25) is 0 Å². The van der Waals surface area contributed by atoms with Crippen molar-refractivity contribution in [2.45, 2.75) is 77.4 Å². The molecular formula is C22H35N5O2. The Kier molecular flexibility index (Phi) is 7.47. The Morgan fingerprint density at radius 1 is 1.38 bits per heavy atom. The quantitative estimate of drug-likeness (QED) is 0.806. The van der Waals surface area contributed by atoms with Gasteiger partial charge in [0.05, 0.1) is 17.8 Å². The van der Waals surface area contributed by atoms with Crippen LogP contribution in [-0.2, 0) is 21.6 Å². The highest BCUT2D eigenvalue weighted by Crippen LogP contribution is 2.38. The van der Waals surface area contributed by atoms with E-state index >= 15 is 0 Å². The predicted octanol–water partition coefficient (Wildman–Crippen LogP) is 3.33. The zero-order chi connectivity index (χ0) is 20.7. The number of hydrogen-bond acceptors (Lipinski definition) is 6. The zero-order valence-corrected chi connectivity index (χ0v) is 18.0. The van der Waals surface area contributed by atoms with Crippen molar-refractivity contribution in [1.29, 1.82) is 0 Å². The number of fused-ring (bicyclic) bond motifs is 1. The maximum absolute atomic E-state index is 12.4. The van der Waals surface area contributed by atoms with Gasteiger partial charge in [-0.1, -0.05) is 13.0 Å². The maximum Gasteiger partial charge on any atom is 0.223 e. The lowest BCUT2D eigenvalue weighted by Gasteiger charge is -2.32. The lowest BCUT2D eigenvalue weighted by atomic mass is 9.97. The number of rotatable bonds is 4. The van der Waals surface area contributed by atoms with Gasteiger partial charge in [-0.15, -0.1) is 0 Å². The fraction of sp³-hybridized carbons (Fsp3) is 0.682. The minimum atomic E-state index is -0.335. The van der Waals surface area contributed by atoms with Crippen LogP contribution < -0.4 is 10.6 Å². The van der Waals surface area contributed by atoms with Crippen LogP contribution in [-0.4, -0.2) is 46.6 Å². The first-order valence-corrected chi connectivity index (χ1v) is 10.9. The minimum Gasteiger partial charge on any atom is -0.391 e. The van der Waals surface area contributed by atoms with Crippen molar-refractivity contribution in [3.63, 3.8) is 0 Å². The van der Waals surface area contributed by atoms with Crippen molar-refractivity contribution in [2.24, 2.45) is 0 Å². The summed E-state index contributed by atoms with van der Waals surface area (Å²) in [4.78, 5) is 23.5. The standard InChI is InChI=1S/C17H26N4O2.C5H9N/c1-4-5-15(22)21-11-14-13(17(21,2)3)10-18-16(20-14)19-12-6-8-23-9-7-12;1-2-4-6-5-3-1/h10,12H,4-9,11H2,1-3H3,(H,18,19,20);2,4,6H,1,3,5H2. The molecule has 3 aliphatic rings. The van der Waals surface area contributed by atoms with E-state index in [-0.39, 0.29) is 11.4 Å². The molecule has 4 rings (SSSR count). The van der Waals surface area contributed by atoms with Gasteiger partial charge >= 0.3 is 0 Å². The number of allylic oxidation sites excluding steroid dienone is 1. The van der Waals surface area contributed by atoms with Crippen LogP contribution in [0.3, 0.4) is 0 Å². The Labute approximate surface area is 174 Å². The SMILES string of the molecule is C1=CNCCC1.CCCC(=O)N1Cc2nc(NC3CCOCC3)ncc2C1(C)C. The number of carbonyl (C=O) groups excluding carboxylic acids is 1. The van der Waals surface area contributed by atoms with Gasteiger partial charge in [0.2, 0.25) is 11.9 Å². The molecule has 7 nitrogen and oxygen atoms in total. The third kappa shape index (κ3) is 5.47. The lowest BCUT2D eigenvalue weighted by Crippen LogP contribution is -2.40. The number of ether oxygens (including phenoxy) is 1. The van der Waals surface area contributed by atoms with Gasteiger partial charge in [0.15, 0.2) is 0 Å². The molecule has 4 heterocycles. The van der Waals surface area contributed by atoms with E-state index in [1.54, 1.807) is 0 Å². The Hall–Kier alpha value is -2.15. The monoisotopic (exact) mass is 401 g/mol. The maximum atomic E-state index is 12.4. The Bertz CT molecular complexity index is 705. The molecule has 7 heteroatoms. The lowest BCUT2D eigenvalue weighted by molar-refractivity contribution is -0.136. The van der Waals surface area contributed by atoms with Gasteiger partial charge < -0.3 is 20.3 Å². The van der Waals surface area contributed by atoms with Gasteiger partial charge in [-0.05, 0) is 52.2 Å². The van der Waals surface area contributed by atoms with Gasteiger partial charge in [-0.25, -0.2) is 9.97 Å². The highest BCUT2D eigenvalue weighted by molar-refractivity contribution is 5.78. The van der Waals surface area contributed by atoms with E-state index in [1.165, 1.54) is 12.8 Å². The Morgan fingerprint density at radius 3 is 2.76 bits per heavy atom. The Balaban J connectivity index is 0.000000343. The number of nitrogens with zero attached hydrogens (tertiary/aromatic N) is 3. The van der Waals surface area contributed by atoms with Crippen LogP contribution in [0.25, 0.3) is 0 Å². The first kappa shape index (κ1) is 21.6. The largest absolute Gasteiger partial charge is 0.391 e. The number of hydrogen-bond donors (Lipinski definition) is 2. The van der Waals surface area contributed by atoms with Crippen LogP contribution in [0.4, 0.5) is 5.95 Å². The summed E-state index contributed by atoms with van der Waals surface area (Å²) in [6, 6.07) is 0.369. The summed E-state index contributed by atoms with van der Waals surface area (Å²) in [5, 5.41) is 6.51. The van der Waals surface area contributed by atoms with Gasteiger partial charge in [-0.3, -0.25) is 4.79 Å². The van der Waals surface area contributed by atoms with Gasteiger partial charge in [0, 0.05) is 44.0 Å². The molecule has 0 unspecified atom stereocenters. The molecule has 3 aliphatic heterocycles. The second-order valence-electron chi connectivity index (χ2n) is 8.37. The fourth-order valence-electron chi connectivity index (χ4n) is 3.96. The molecular weight excluding hydrogens is 366 g/mol. The summed E-state index contributed by atoms with van der Waals surface area (Å²) in [7, 11) is 0. The topological polar surface area (TPSA) is 79.4 Å². The third-order valence-electron chi connectivity index (χ3n) is 5.76. The molecule has 0 spiro atoms. The minimum absolute atomic E-state index is 0.189. The van der Waals surface area contributed by atoms with Crippen molar-refractivity contribution in [1.82, 2.24) is 20.2 Å². The molecule has 0 radical (unpaired) electrons. The molecule has 1 saturated heterocycles. The molecule has 2 N–H and O–H groups in total. The number of nitrogens with one attached hydrogen (secondary N) is 2. The van der Waals surface area contributed by atoms with E-state index in [1.807, 2.05) is 24.2 Å². The second kappa shape index (κ2) is 10.1. The second-order valence-corrected chi connectivity index (χ2v) is 8.37. The van der Waals surface area contributed by atoms with Crippen LogP contribution in [0, 0.1) is 0 Å². The summed E-state index contributed by atoms with van der Waals surface area (Å²) >= 11 is 0. The van der Waals surface area contributed by atoms with Gasteiger partial charge in [0.1, 0.15) is 0 Å². The molecule has 0 bridgehead atoms. The molecule has 1 fully saturated rings. The van der Waals surface area contributed by atoms with E-state index in [9.17, 15) is 4.79 Å². The normalized spacial score (nSPS) is 20.3. The number of anilines is 1. The molecule has 1 aromatic rings. The summed E-state index contributed by atoms with van der Waals surface area (Å²) in [6.45, 7) is 9.49. The number of carbonyl (C=O) groups is 1. The Morgan fingerprint density at radius 2 is 2.17 bits per heavy atom. The summed E-state index contributed by atoms with van der Waals surface area (Å²) < 4.78 is 5.38. The van der Waals surface area contributed by atoms with Crippen LogP contribution in [0.15, 0.2) is 18.5 Å². The molecule has 0 aliphatic carbocycles. The smallest absolute Gasteiger partial charge is 0.223 e. The summed E-state index contributed by atoms with van der Waals surface area (Å²) in [5.41, 5.74) is 1.68. The third-order valence-corrected chi connectivity index (χ3v) is 5.76. The molecule has 160 valence electrons. The molecule has 0 aromatic carbocycles. The molecule has 0 atom stereocenters. The van der Waals surface area contributed by atoms with E-state index < -0.39 is 0 Å². The predicted molar refractivity (Wildman–Crippen MR) is 114 cm³/mol. The van der Waals surface area contributed by atoms with Crippen LogP contribution in [0.5, 0.6) is 0 Å². The van der Waals surface area contributed by atoms with Crippen LogP contribution in [0.1, 0.15) is 70.6 Å². The van der Waals surface area contributed by atoms with Crippen molar-refractivity contribution < 1.29 is 9.53 Å². The van der Waals surface area contributed by atoms with Crippen LogP contribution >= 0.6 is 0 Å². The highest BCUT2D eigenvalue weighted by Gasteiger charge is 2.41. The van der Waals surface area contributed by atoms with Gasteiger partial charge in [0.25, 0.3) is 0 Å². The average Bonchev–Trinajstić information content (AvgIpc) is 3.01. The van der Waals surface area contributed by atoms with E-state index in [2.05, 4.69) is 40.5 Å². The first-order chi connectivity index (χ1) is 14.0. The molecule has 1 amide bonds. The summed E-state index contributed by atoms with van der Waals surface area (Å²) in [6.07, 6.45) is 12.0. The molecule has 29 heavy (non-hydrogen) atoms. The van der Waals surface area contributed by atoms with Gasteiger partial charge in [-0.2, -0.15) is 0 Å².